The summed E-state index contributed by atoms with van der Waals surface area (Å²) in [6.45, 7) is 0. The first-order chi connectivity index (χ1) is 9.51. The highest BCUT2D eigenvalue weighted by atomic mass is 79.9. The van der Waals surface area contributed by atoms with E-state index in [0.717, 1.165) is 21.3 Å². The van der Waals surface area contributed by atoms with E-state index in [4.69, 9.17) is 27.9 Å². The number of rotatable bonds is 4. The number of hydrogen-bond acceptors (Lipinski definition) is 2. The Labute approximate surface area is 136 Å². The molecule has 20 heavy (non-hydrogen) atoms. The van der Waals surface area contributed by atoms with Gasteiger partial charge in [0.1, 0.15) is 5.75 Å². The van der Waals surface area contributed by atoms with Crippen molar-refractivity contribution in [1.82, 2.24) is 0 Å². The van der Waals surface area contributed by atoms with Crippen LogP contribution in [0.3, 0.4) is 0 Å². The van der Waals surface area contributed by atoms with Crippen molar-refractivity contribution in [2.24, 2.45) is 0 Å². The molecule has 0 saturated heterocycles. The molecule has 0 heterocycles. The van der Waals surface area contributed by atoms with Gasteiger partial charge in [0.25, 0.3) is 0 Å². The Bertz CT molecular complexity index is 617. The lowest BCUT2D eigenvalue weighted by molar-refractivity contribution is 0.178. The smallest absolute Gasteiger partial charge is 0.119 e. The molecule has 5 heteroatoms. The third-order valence-corrected chi connectivity index (χ3v) is 4.51. The van der Waals surface area contributed by atoms with Gasteiger partial charge >= 0.3 is 0 Å². The van der Waals surface area contributed by atoms with E-state index in [9.17, 15) is 5.11 Å². The molecule has 0 aromatic heterocycles. The van der Waals surface area contributed by atoms with Gasteiger partial charge in [0, 0.05) is 10.9 Å². The second kappa shape index (κ2) is 6.81. The first-order valence-corrected chi connectivity index (χ1v) is 7.51. The molecule has 1 unspecified atom stereocenters. The van der Waals surface area contributed by atoms with Gasteiger partial charge in [-0.15, -0.1) is 0 Å². The van der Waals surface area contributed by atoms with E-state index < -0.39 is 6.10 Å². The highest BCUT2D eigenvalue weighted by Gasteiger charge is 2.13. The second-order valence-electron chi connectivity index (χ2n) is 4.35. The van der Waals surface area contributed by atoms with Gasteiger partial charge in [-0.1, -0.05) is 45.2 Å². The summed E-state index contributed by atoms with van der Waals surface area (Å²) < 4.78 is 6.12. The van der Waals surface area contributed by atoms with E-state index in [2.05, 4.69) is 15.9 Å². The summed E-state index contributed by atoms with van der Waals surface area (Å²) in [4.78, 5) is 0. The molecule has 0 fully saturated rings. The predicted molar refractivity (Wildman–Crippen MR) is 85.8 cm³/mol. The van der Waals surface area contributed by atoms with Gasteiger partial charge in [0.15, 0.2) is 0 Å². The average Bonchev–Trinajstić information content (AvgIpc) is 2.44. The minimum atomic E-state index is -0.659. The molecule has 0 amide bonds. The molecule has 0 saturated carbocycles. The molecule has 106 valence electrons. The van der Waals surface area contributed by atoms with Crippen molar-refractivity contribution in [2.75, 3.05) is 7.11 Å². The topological polar surface area (TPSA) is 29.5 Å². The highest BCUT2D eigenvalue weighted by Crippen LogP contribution is 2.30. The Morgan fingerprint density at radius 1 is 1.15 bits per heavy atom. The predicted octanol–water partition coefficient (Wildman–Crippen LogP) is 5.04. The van der Waals surface area contributed by atoms with Crippen LogP contribution in [0.2, 0.25) is 10.0 Å². The zero-order valence-electron chi connectivity index (χ0n) is 10.7. The number of benzene rings is 2. The summed E-state index contributed by atoms with van der Waals surface area (Å²) in [7, 11) is 1.61. The Morgan fingerprint density at radius 3 is 2.55 bits per heavy atom. The lowest BCUT2D eigenvalue weighted by Gasteiger charge is -2.14. The zero-order valence-corrected chi connectivity index (χ0v) is 13.8. The molecule has 2 rings (SSSR count). The number of ether oxygens (including phenoxy) is 1. The molecule has 1 atom stereocenters. The van der Waals surface area contributed by atoms with Gasteiger partial charge in [0.05, 0.1) is 23.3 Å². The SMILES string of the molecule is COc1ccc(Br)c(CC(O)c2ccc(Cl)c(Cl)c2)c1. The molecule has 0 radical (unpaired) electrons. The lowest BCUT2D eigenvalue weighted by atomic mass is 10.0. The van der Waals surface area contributed by atoms with Crippen LogP contribution in [0, 0.1) is 0 Å². The molecule has 2 aromatic carbocycles. The molecule has 0 aliphatic heterocycles. The van der Waals surface area contributed by atoms with Crippen molar-refractivity contribution in [2.45, 2.75) is 12.5 Å². The summed E-state index contributed by atoms with van der Waals surface area (Å²) in [5.41, 5.74) is 1.69. The summed E-state index contributed by atoms with van der Waals surface area (Å²) in [5, 5.41) is 11.2. The molecule has 0 aliphatic rings. The number of methoxy groups -OCH3 is 1. The number of aliphatic hydroxyl groups is 1. The van der Waals surface area contributed by atoms with Crippen molar-refractivity contribution in [3.05, 3.63) is 62.0 Å². The molecular weight excluding hydrogens is 363 g/mol. The first-order valence-electron chi connectivity index (χ1n) is 5.96. The molecule has 2 nitrogen and oxygen atoms in total. The zero-order chi connectivity index (χ0) is 14.7. The molecule has 1 N–H and O–H groups in total. The largest absolute Gasteiger partial charge is 0.497 e. The van der Waals surface area contributed by atoms with Gasteiger partial charge < -0.3 is 9.84 Å². The highest BCUT2D eigenvalue weighted by molar-refractivity contribution is 9.10. The minimum Gasteiger partial charge on any atom is -0.497 e. The fraction of sp³-hybridized carbons (Fsp3) is 0.200. The van der Waals surface area contributed by atoms with Crippen LogP contribution in [-0.2, 0) is 6.42 Å². The fourth-order valence-corrected chi connectivity index (χ4v) is 2.60. The number of halogens is 3. The normalized spacial score (nSPS) is 12.2. The summed E-state index contributed by atoms with van der Waals surface area (Å²) >= 11 is 15.3. The fourth-order valence-electron chi connectivity index (χ4n) is 1.88. The van der Waals surface area contributed by atoms with Crippen LogP contribution in [0.15, 0.2) is 40.9 Å². The first kappa shape index (κ1) is 15.6. The van der Waals surface area contributed by atoms with Gasteiger partial charge in [-0.2, -0.15) is 0 Å². The van der Waals surface area contributed by atoms with Crippen molar-refractivity contribution in [1.29, 1.82) is 0 Å². The second-order valence-corrected chi connectivity index (χ2v) is 6.02. The van der Waals surface area contributed by atoms with E-state index in [1.165, 1.54) is 0 Å². The summed E-state index contributed by atoms with van der Waals surface area (Å²) in [6.07, 6.45) is -0.205. The van der Waals surface area contributed by atoms with Crippen LogP contribution in [-0.4, -0.2) is 12.2 Å². The Balaban J connectivity index is 2.22. The van der Waals surface area contributed by atoms with E-state index in [0.29, 0.717) is 16.5 Å². The lowest BCUT2D eigenvalue weighted by Crippen LogP contribution is -2.03. The van der Waals surface area contributed by atoms with Gasteiger partial charge in [-0.05, 0) is 41.5 Å². The Kier molecular flexibility index (Phi) is 5.33. The van der Waals surface area contributed by atoms with Gasteiger partial charge in [0.2, 0.25) is 0 Å². The van der Waals surface area contributed by atoms with Crippen LogP contribution in [0.1, 0.15) is 17.2 Å². The Morgan fingerprint density at radius 2 is 1.90 bits per heavy atom. The molecule has 0 aliphatic carbocycles. The maximum Gasteiger partial charge on any atom is 0.119 e. The monoisotopic (exact) mass is 374 g/mol. The van der Waals surface area contributed by atoms with E-state index in [-0.39, 0.29) is 0 Å². The van der Waals surface area contributed by atoms with Gasteiger partial charge in [-0.25, -0.2) is 0 Å². The van der Waals surface area contributed by atoms with Crippen LogP contribution in [0.25, 0.3) is 0 Å². The van der Waals surface area contributed by atoms with E-state index in [1.807, 2.05) is 18.2 Å². The molecular formula is C15H13BrCl2O2. The quantitative estimate of drug-likeness (QED) is 0.810. The molecule has 0 bridgehead atoms. The maximum atomic E-state index is 10.3. The van der Waals surface area contributed by atoms with Crippen molar-refractivity contribution in [3.8, 4) is 5.75 Å². The third-order valence-electron chi connectivity index (χ3n) is 2.99. The van der Waals surface area contributed by atoms with Crippen LogP contribution < -0.4 is 4.74 Å². The summed E-state index contributed by atoms with van der Waals surface area (Å²) in [5.74, 6) is 0.754. The van der Waals surface area contributed by atoms with Crippen LogP contribution in [0.5, 0.6) is 5.75 Å². The van der Waals surface area contributed by atoms with E-state index >= 15 is 0 Å². The van der Waals surface area contributed by atoms with Crippen molar-refractivity contribution >= 4 is 39.1 Å². The molecule has 0 spiro atoms. The number of aliphatic hydroxyl groups excluding tert-OH is 1. The third kappa shape index (κ3) is 3.67. The van der Waals surface area contributed by atoms with Crippen molar-refractivity contribution < 1.29 is 9.84 Å². The van der Waals surface area contributed by atoms with E-state index in [1.54, 1.807) is 25.3 Å². The minimum absolute atomic E-state index is 0.438. The Hall–Kier alpha value is -0.740. The standard InChI is InChI=1S/C15H13BrCl2O2/c1-20-11-3-4-12(16)10(6-11)8-15(19)9-2-5-13(17)14(18)7-9/h2-7,15,19H,8H2,1H3. The van der Waals surface area contributed by atoms with Crippen LogP contribution >= 0.6 is 39.1 Å². The van der Waals surface area contributed by atoms with Crippen LogP contribution in [0.4, 0.5) is 0 Å². The van der Waals surface area contributed by atoms with Gasteiger partial charge in [-0.3, -0.25) is 0 Å². The summed E-state index contributed by atoms with van der Waals surface area (Å²) in [6, 6.07) is 10.8. The van der Waals surface area contributed by atoms with Crippen molar-refractivity contribution in [3.63, 3.8) is 0 Å². The maximum absolute atomic E-state index is 10.3. The average molecular weight is 376 g/mol. The number of hydrogen-bond donors (Lipinski definition) is 1. The molecule has 2 aromatic rings.